The fraction of sp³-hybridized carbons (Fsp3) is 0.333. The van der Waals surface area contributed by atoms with Gasteiger partial charge in [0.15, 0.2) is 0 Å². The third-order valence-electron chi connectivity index (χ3n) is 4.81. The topological polar surface area (TPSA) is 25.8 Å². The van der Waals surface area contributed by atoms with Crippen molar-refractivity contribution in [3.8, 4) is 11.3 Å². The summed E-state index contributed by atoms with van der Waals surface area (Å²) in [6, 6.07) is 17.1. The molecule has 1 aliphatic carbocycles. The summed E-state index contributed by atoms with van der Waals surface area (Å²) in [6.07, 6.45) is 6.70. The van der Waals surface area contributed by atoms with E-state index in [1.165, 1.54) is 48.4 Å². The average molecular weight is 334 g/mol. The van der Waals surface area contributed by atoms with E-state index >= 15 is 0 Å². The van der Waals surface area contributed by atoms with Crippen molar-refractivity contribution < 1.29 is 0 Å². The van der Waals surface area contributed by atoms with Gasteiger partial charge in [-0.3, -0.25) is 0 Å². The van der Waals surface area contributed by atoms with Crippen LogP contribution in [0, 0.1) is 6.92 Å². The number of aromatic nitrogens is 2. The number of nitrogens with zero attached hydrogens (tertiary/aromatic N) is 2. The van der Waals surface area contributed by atoms with Crippen molar-refractivity contribution in [3.05, 3.63) is 54.1 Å². The van der Waals surface area contributed by atoms with Gasteiger partial charge in [0.05, 0.1) is 0 Å². The Bertz CT molecular complexity index is 836. The standard InChI is InChI=1S/C21H22N2S/c1-15-11-13-16(14-12-15)20-18-9-5-6-10-19(18)21(23-22-20)24-17-7-3-2-4-8-17/h5-6,9-14,17H,2-4,7-8H2,1H3. The summed E-state index contributed by atoms with van der Waals surface area (Å²) in [7, 11) is 0. The van der Waals surface area contributed by atoms with Gasteiger partial charge in [-0.2, -0.15) is 0 Å². The first-order valence-corrected chi connectivity index (χ1v) is 9.68. The van der Waals surface area contributed by atoms with Crippen LogP contribution in [0.15, 0.2) is 53.6 Å². The molecule has 0 amide bonds. The monoisotopic (exact) mass is 334 g/mol. The van der Waals surface area contributed by atoms with E-state index in [0.717, 1.165) is 16.3 Å². The van der Waals surface area contributed by atoms with Gasteiger partial charge in [-0.15, -0.1) is 22.0 Å². The molecule has 0 N–H and O–H groups in total. The highest BCUT2D eigenvalue weighted by Gasteiger charge is 2.18. The van der Waals surface area contributed by atoms with Crippen molar-refractivity contribution in [2.75, 3.05) is 0 Å². The number of rotatable bonds is 3. The highest BCUT2D eigenvalue weighted by atomic mass is 32.2. The van der Waals surface area contributed by atoms with E-state index in [4.69, 9.17) is 0 Å². The van der Waals surface area contributed by atoms with Crippen LogP contribution in [0.25, 0.3) is 22.0 Å². The molecule has 0 bridgehead atoms. The molecule has 0 saturated heterocycles. The van der Waals surface area contributed by atoms with Crippen molar-refractivity contribution in [1.29, 1.82) is 0 Å². The zero-order chi connectivity index (χ0) is 16.4. The molecule has 0 spiro atoms. The lowest BCUT2D eigenvalue weighted by Crippen LogP contribution is -2.08. The summed E-state index contributed by atoms with van der Waals surface area (Å²) >= 11 is 1.93. The molecule has 1 saturated carbocycles. The normalized spacial score (nSPS) is 15.7. The lowest BCUT2D eigenvalue weighted by atomic mass is 10.0. The molecule has 1 fully saturated rings. The van der Waals surface area contributed by atoms with Crippen LogP contribution >= 0.6 is 11.8 Å². The van der Waals surface area contributed by atoms with Gasteiger partial charge < -0.3 is 0 Å². The Morgan fingerprint density at radius 2 is 1.54 bits per heavy atom. The van der Waals surface area contributed by atoms with Crippen molar-refractivity contribution in [2.24, 2.45) is 0 Å². The number of aryl methyl sites for hydroxylation is 1. The maximum Gasteiger partial charge on any atom is 0.127 e. The van der Waals surface area contributed by atoms with Gasteiger partial charge >= 0.3 is 0 Å². The molecule has 0 radical (unpaired) electrons. The average Bonchev–Trinajstić information content (AvgIpc) is 2.64. The molecule has 0 aliphatic heterocycles. The summed E-state index contributed by atoms with van der Waals surface area (Å²) in [5.41, 5.74) is 3.39. The Balaban J connectivity index is 1.75. The molecular formula is C21H22N2S. The van der Waals surface area contributed by atoms with Gasteiger partial charge in [0.25, 0.3) is 0 Å². The first kappa shape index (κ1) is 15.6. The summed E-state index contributed by atoms with van der Waals surface area (Å²) < 4.78 is 0. The highest BCUT2D eigenvalue weighted by molar-refractivity contribution is 8.00. The Hall–Kier alpha value is -1.87. The van der Waals surface area contributed by atoms with E-state index in [1.54, 1.807) is 0 Å². The molecular weight excluding hydrogens is 312 g/mol. The molecule has 0 unspecified atom stereocenters. The molecule has 24 heavy (non-hydrogen) atoms. The number of hydrogen-bond acceptors (Lipinski definition) is 3. The molecule has 2 aromatic carbocycles. The van der Waals surface area contributed by atoms with Gasteiger partial charge in [0.1, 0.15) is 10.7 Å². The van der Waals surface area contributed by atoms with Crippen LogP contribution in [0.1, 0.15) is 37.7 Å². The van der Waals surface area contributed by atoms with Gasteiger partial charge in [-0.25, -0.2) is 0 Å². The van der Waals surface area contributed by atoms with Crippen LogP contribution < -0.4 is 0 Å². The van der Waals surface area contributed by atoms with Crippen LogP contribution in [0.5, 0.6) is 0 Å². The lowest BCUT2D eigenvalue weighted by Gasteiger charge is -2.21. The predicted octanol–water partition coefficient (Wildman–Crippen LogP) is 6.03. The van der Waals surface area contributed by atoms with Gasteiger partial charge in [0, 0.05) is 21.6 Å². The molecule has 0 atom stereocenters. The molecule has 122 valence electrons. The minimum Gasteiger partial charge on any atom is -0.149 e. The lowest BCUT2D eigenvalue weighted by molar-refractivity contribution is 0.515. The summed E-state index contributed by atoms with van der Waals surface area (Å²) in [6.45, 7) is 2.11. The SMILES string of the molecule is Cc1ccc(-c2nnc(SC3CCCCC3)c3ccccc23)cc1. The first-order chi connectivity index (χ1) is 11.8. The Labute approximate surface area is 147 Å². The number of thioether (sulfide) groups is 1. The molecule has 1 aromatic heterocycles. The van der Waals surface area contributed by atoms with Crippen molar-refractivity contribution in [2.45, 2.75) is 49.3 Å². The molecule has 3 heteroatoms. The first-order valence-electron chi connectivity index (χ1n) is 8.80. The summed E-state index contributed by atoms with van der Waals surface area (Å²) in [5.74, 6) is 0. The number of fused-ring (bicyclic) bond motifs is 1. The van der Waals surface area contributed by atoms with Gasteiger partial charge in [0.2, 0.25) is 0 Å². The summed E-state index contributed by atoms with van der Waals surface area (Å²) in [4.78, 5) is 0. The third-order valence-corrected chi connectivity index (χ3v) is 6.14. The van der Waals surface area contributed by atoms with E-state index in [0.29, 0.717) is 5.25 Å². The Morgan fingerprint density at radius 3 is 2.29 bits per heavy atom. The van der Waals surface area contributed by atoms with Gasteiger partial charge in [-0.05, 0) is 19.8 Å². The maximum atomic E-state index is 4.61. The summed E-state index contributed by atoms with van der Waals surface area (Å²) in [5, 5.41) is 13.4. The minimum absolute atomic E-state index is 0.696. The zero-order valence-electron chi connectivity index (χ0n) is 14.0. The van der Waals surface area contributed by atoms with Crippen LogP contribution in [-0.4, -0.2) is 15.4 Å². The Kier molecular flexibility index (Phi) is 4.52. The second-order valence-corrected chi connectivity index (χ2v) is 7.93. The van der Waals surface area contributed by atoms with E-state index in [-0.39, 0.29) is 0 Å². The molecule has 3 aromatic rings. The van der Waals surface area contributed by atoms with Crippen LogP contribution in [0.3, 0.4) is 0 Å². The number of benzene rings is 2. The molecule has 1 heterocycles. The third kappa shape index (κ3) is 3.18. The molecule has 4 rings (SSSR count). The molecule has 1 aliphatic rings. The second kappa shape index (κ2) is 6.94. The quantitative estimate of drug-likeness (QED) is 0.585. The van der Waals surface area contributed by atoms with Crippen LogP contribution in [-0.2, 0) is 0 Å². The van der Waals surface area contributed by atoms with Crippen LogP contribution in [0.2, 0.25) is 0 Å². The zero-order valence-corrected chi connectivity index (χ0v) is 14.9. The van der Waals surface area contributed by atoms with Crippen molar-refractivity contribution in [1.82, 2.24) is 10.2 Å². The van der Waals surface area contributed by atoms with Gasteiger partial charge in [-0.1, -0.05) is 73.4 Å². The predicted molar refractivity (Wildman–Crippen MR) is 102 cm³/mol. The molecule has 2 nitrogen and oxygen atoms in total. The maximum absolute atomic E-state index is 4.61. The van der Waals surface area contributed by atoms with Crippen molar-refractivity contribution in [3.63, 3.8) is 0 Å². The van der Waals surface area contributed by atoms with E-state index in [2.05, 4.69) is 65.7 Å². The Morgan fingerprint density at radius 1 is 0.833 bits per heavy atom. The van der Waals surface area contributed by atoms with Crippen molar-refractivity contribution >= 4 is 22.5 Å². The fourth-order valence-corrected chi connectivity index (χ4v) is 4.71. The van der Waals surface area contributed by atoms with E-state index in [1.807, 2.05) is 11.8 Å². The number of hydrogen-bond donors (Lipinski definition) is 0. The highest BCUT2D eigenvalue weighted by Crippen LogP contribution is 2.37. The minimum atomic E-state index is 0.696. The second-order valence-electron chi connectivity index (χ2n) is 6.64. The van der Waals surface area contributed by atoms with Crippen LogP contribution in [0.4, 0.5) is 0 Å². The smallest absolute Gasteiger partial charge is 0.127 e. The largest absolute Gasteiger partial charge is 0.149 e. The van der Waals surface area contributed by atoms with E-state index < -0.39 is 0 Å². The fourth-order valence-electron chi connectivity index (χ4n) is 3.43. The van der Waals surface area contributed by atoms with E-state index in [9.17, 15) is 0 Å².